The number of nitrogens with one attached hydrogen (secondary N) is 1. The largest absolute Gasteiger partial charge is 0.368 e. The topological polar surface area (TPSA) is 92.7 Å². The van der Waals surface area contributed by atoms with Crippen molar-refractivity contribution >= 4 is 28.9 Å². The minimum Gasteiger partial charge on any atom is -0.368 e. The third-order valence-corrected chi connectivity index (χ3v) is 4.53. The van der Waals surface area contributed by atoms with Crippen LogP contribution in [-0.2, 0) is 9.59 Å². The van der Waals surface area contributed by atoms with Crippen LogP contribution in [-0.4, -0.2) is 28.1 Å². The van der Waals surface area contributed by atoms with Gasteiger partial charge in [-0.15, -0.1) is 0 Å². The van der Waals surface area contributed by atoms with Crippen LogP contribution in [0, 0.1) is 0 Å². The van der Waals surface area contributed by atoms with E-state index in [9.17, 15) is 9.59 Å². The fourth-order valence-electron chi connectivity index (χ4n) is 3.14. The average molecular weight is 373 g/mol. The van der Waals surface area contributed by atoms with Gasteiger partial charge in [-0.3, -0.25) is 14.6 Å². The zero-order chi connectivity index (χ0) is 19.5. The van der Waals surface area contributed by atoms with E-state index in [1.165, 1.54) is 5.01 Å². The number of primary amides is 1. The number of para-hydroxylation sites is 1. The van der Waals surface area contributed by atoms with Gasteiger partial charge in [0.2, 0.25) is 5.91 Å². The summed E-state index contributed by atoms with van der Waals surface area (Å²) in [6.07, 6.45) is 4.02. The Morgan fingerprint density at radius 2 is 1.68 bits per heavy atom. The molecule has 0 saturated heterocycles. The lowest BCUT2D eigenvalue weighted by Crippen LogP contribution is -2.39. The number of rotatable bonds is 5. The highest BCUT2D eigenvalue weighted by atomic mass is 16.2. The molecule has 1 atom stereocenters. The molecule has 1 aromatic heterocycles. The fourth-order valence-corrected chi connectivity index (χ4v) is 3.14. The van der Waals surface area contributed by atoms with Gasteiger partial charge >= 0.3 is 0 Å². The van der Waals surface area contributed by atoms with Crippen LogP contribution in [0.4, 0.5) is 11.4 Å². The van der Waals surface area contributed by atoms with Crippen LogP contribution < -0.4 is 16.1 Å². The third kappa shape index (κ3) is 3.50. The second kappa shape index (κ2) is 7.40. The molecule has 0 bridgehead atoms. The Bertz CT molecular complexity index is 1030. The molecule has 0 spiro atoms. The molecule has 1 unspecified atom stereocenters. The van der Waals surface area contributed by atoms with E-state index in [0.29, 0.717) is 11.4 Å². The Labute approximate surface area is 162 Å². The van der Waals surface area contributed by atoms with Crippen molar-refractivity contribution in [3.05, 3.63) is 79.1 Å². The quantitative estimate of drug-likeness (QED) is 0.720. The summed E-state index contributed by atoms with van der Waals surface area (Å²) in [6, 6.07) is 19.9. The second-order valence-electron chi connectivity index (χ2n) is 6.44. The Balaban J connectivity index is 1.55. The molecule has 7 nitrogen and oxygen atoms in total. The van der Waals surface area contributed by atoms with Crippen LogP contribution in [0.2, 0.25) is 0 Å². The Hall–Kier alpha value is -3.87. The molecular weight excluding hydrogens is 354 g/mol. The van der Waals surface area contributed by atoms with Crippen molar-refractivity contribution in [2.24, 2.45) is 10.8 Å². The zero-order valence-corrected chi connectivity index (χ0v) is 15.0. The first-order chi connectivity index (χ1) is 13.6. The van der Waals surface area contributed by atoms with E-state index in [1.807, 2.05) is 77.6 Å². The monoisotopic (exact) mass is 373 g/mol. The molecule has 2 aromatic carbocycles. The highest BCUT2D eigenvalue weighted by Crippen LogP contribution is 2.25. The van der Waals surface area contributed by atoms with E-state index in [1.54, 1.807) is 6.07 Å². The van der Waals surface area contributed by atoms with Crippen molar-refractivity contribution in [1.82, 2.24) is 4.57 Å². The number of aromatic nitrogens is 1. The summed E-state index contributed by atoms with van der Waals surface area (Å²) in [7, 11) is 0. The summed E-state index contributed by atoms with van der Waals surface area (Å²) in [5.74, 6) is -0.876. The van der Waals surface area contributed by atoms with Crippen LogP contribution in [0.25, 0.3) is 5.69 Å². The van der Waals surface area contributed by atoms with Gasteiger partial charge < -0.3 is 15.6 Å². The van der Waals surface area contributed by atoms with Gasteiger partial charge in [-0.05, 0) is 42.5 Å². The van der Waals surface area contributed by atoms with Crippen molar-refractivity contribution < 1.29 is 9.59 Å². The van der Waals surface area contributed by atoms with E-state index in [-0.39, 0.29) is 18.0 Å². The summed E-state index contributed by atoms with van der Waals surface area (Å²) in [5, 5.41) is 8.72. The van der Waals surface area contributed by atoms with Crippen molar-refractivity contribution in [2.45, 2.75) is 12.5 Å². The molecule has 1 aliphatic rings. The SMILES string of the molecule is NC(=O)C1CC(C(=O)Nc2cccc(-n3cccc3)c2)=NN1c1ccccc1. The third-order valence-electron chi connectivity index (χ3n) is 4.53. The number of hydrogen-bond acceptors (Lipinski definition) is 4. The van der Waals surface area contributed by atoms with Crippen LogP contribution in [0.15, 0.2) is 84.2 Å². The number of carbonyl (C=O) groups is 2. The fraction of sp³-hybridized carbons (Fsp3) is 0.0952. The lowest BCUT2D eigenvalue weighted by Gasteiger charge is -2.20. The van der Waals surface area contributed by atoms with Crippen LogP contribution in [0.5, 0.6) is 0 Å². The van der Waals surface area contributed by atoms with Crippen molar-refractivity contribution in [1.29, 1.82) is 0 Å². The molecule has 140 valence electrons. The van der Waals surface area contributed by atoms with Gasteiger partial charge in [-0.2, -0.15) is 5.10 Å². The van der Waals surface area contributed by atoms with E-state index >= 15 is 0 Å². The minimum atomic E-state index is -0.686. The number of anilines is 2. The van der Waals surface area contributed by atoms with Crippen LogP contribution in [0.1, 0.15) is 6.42 Å². The molecule has 1 aliphatic heterocycles. The number of hydrogen-bond donors (Lipinski definition) is 2. The molecule has 7 heteroatoms. The highest BCUT2D eigenvalue weighted by molar-refractivity contribution is 6.44. The molecule has 3 aromatic rings. The first kappa shape index (κ1) is 17.5. The number of carbonyl (C=O) groups excluding carboxylic acids is 2. The van der Waals surface area contributed by atoms with Gasteiger partial charge in [0.15, 0.2) is 0 Å². The summed E-state index contributed by atoms with van der Waals surface area (Å²) in [6.45, 7) is 0. The number of nitrogens with two attached hydrogens (primary N) is 1. The predicted octanol–water partition coefficient (Wildman–Crippen LogP) is 2.54. The Morgan fingerprint density at radius 3 is 2.39 bits per heavy atom. The van der Waals surface area contributed by atoms with E-state index in [4.69, 9.17) is 5.73 Å². The zero-order valence-electron chi connectivity index (χ0n) is 15.0. The minimum absolute atomic E-state index is 0.160. The van der Waals surface area contributed by atoms with Crippen molar-refractivity contribution in [3.8, 4) is 5.69 Å². The van der Waals surface area contributed by atoms with E-state index in [2.05, 4.69) is 10.4 Å². The van der Waals surface area contributed by atoms with Crippen LogP contribution in [0.3, 0.4) is 0 Å². The van der Waals surface area contributed by atoms with Crippen molar-refractivity contribution in [3.63, 3.8) is 0 Å². The second-order valence-corrected chi connectivity index (χ2v) is 6.44. The lowest BCUT2D eigenvalue weighted by molar-refractivity contribution is -0.119. The van der Waals surface area contributed by atoms with Crippen LogP contribution >= 0.6 is 0 Å². The van der Waals surface area contributed by atoms with Gasteiger partial charge in [-0.1, -0.05) is 24.3 Å². The average Bonchev–Trinajstić information content (AvgIpc) is 3.39. The maximum atomic E-state index is 12.7. The number of amides is 2. The summed E-state index contributed by atoms with van der Waals surface area (Å²) in [5.41, 5.74) is 8.07. The molecule has 3 N–H and O–H groups in total. The first-order valence-electron chi connectivity index (χ1n) is 8.87. The standard InChI is InChI=1S/C21H19N5O2/c22-20(27)19-14-18(24-26(19)16-8-2-1-3-9-16)21(28)23-15-7-6-10-17(13-15)25-11-4-5-12-25/h1-13,19H,14H2,(H2,22,27)(H,23,28). The van der Waals surface area contributed by atoms with Gasteiger partial charge in [-0.25, -0.2) is 0 Å². The molecule has 0 fully saturated rings. The highest BCUT2D eigenvalue weighted by Gasteiger charge is 2.34. The molecule has 0 aliphatic carbocycles. The normalized spacial score (nSPS) is 15.9. The summed E-state index contributed by atoms with van der Waals surface area (Å²) >= 11 is 0. The molecule has 28 heavy (non-hydrogen) atoms. The molecule has 0 saturated carbocycles. The number of nitrogens with zero attached hydrogens (tertiary/aromatic N) is 3. The smallest absolute Gasteiger partial charge is 0.271 e. The maximum Gasteiger partial charge on any atom is 0.271 e. The molecule has 0 radical (unpaired) electrons. The molecule has 2 heterocycles. The number of hydrazone groups is 1. The van der Waals surface area contributed by atoms with Gasteiger partial charge in [0, 0.05) is 30.2 Å². The first-order valence-corrected chi connectivity index (χ1v) is 8.87. The maximum absolute atomic E-state index is 12.7. The number of benzene rings is 2. The lowest BCUT2D eigenvalue weighted by atomic mass is 10.1. The van der Waals surface area contributed by atoms with E-state index < -0.39 is 11.9 Å². The molecule has 4 rings (SSSR count). The summed E-state index contributed by atoms with van der Waals surface area (Å²) < 4.78 is 1.95. The van der Waals surface area contributed by atoms with Gasteiger partial charge in [0.1, 0.15) is 11.8 Å². The van der Waals surface area contributed by atoms with E-state index in [0.717, 1.165) is 5.69 Å². The van der Waals surface area contributed by atoms with Crippen molar-refractivity contribution in [2.75, 3.05) is 10.3 Å². The summed E-state index contributed by atoms with van der Waals surface area (Å²) in [4.78, 5) is 24.6. The Morgan fingerprint density at radius 1 is 0.964 bits per heavy atom. The predicted molar refractivity (Wildman–Crippen MR) is 108 cm³/mol. The Kier molecular flexibility index (Phi) is 4.63. The van der Waals surface area contributed by atoms with Gasteiger partial charge in [0.25, 0.3) is 5.91 Å². The molecular formula is C21H19N5O2. The molecule has 2 amide bonds. The van der Waals surface area contributed by atoms with Gasteiger partial charge in [0.05, 0.1) is 5.69 Å².